The van der Waals surface area contributed by atoms with Crippen LogP contribution in [-0.4, -0.2) is 25.5 Å². The Kier molecular flexibility index (Phi) is 3.36. The molecular weight excluding hydrogens is 140 g/mol. The molecule has 0 aliphatic heterocycles. The minimum atomic E-state index is 0.105. The molecule has 0 heterocycles. The van der Waals surface area contributed by atoms with Gasteiger partial charge in [-0.2, -0.15) is 0 Å². The third-order valence-electron chi connectivity index (χ3n) is 1.79. The lowest BCUT2D eigenvalue weighted by molar-refractivity contribution is -0.120. The summed E-state index contributed by atoms with van der Waals surface area (Å²) in [4.78, 5) is 10.9. The van der Waals surface area contributed by atoms with Gasteiger partial charge in [-0.15, -0.1) is 0 Å². The molecule has 0 atom stereocenters. The first-order valence-corrected chi connectivity index (χ1v) is 4.30. The molecular formula is C8H16N2O. The van der Waals surface area contributed by atoms with Crippen molar-refractivity contribution in [3.8, 4) is 0 Å². The second kappa shape index (κ2) is 4.34. The van der Waals surface area contributed by atoms with Crippen LogP contribution < -0.4 is 10.6 Å². The van der Waals surface area contributed by atoms with Gasteiger partial charge in [0.15, 0.2) is 0 Å². The third-order valence-corrected chi connectivity index (χ3v) is 1.79. The highest BCUT2D eigenvalue weighted by molar-refractivity contribution is 5.77. The first kappa shape index (κ1) is 8.53. The van der Waals surface area contributed by atoms with Gasteiger partial charge >= 0.3 is 0 Å². The van der Waals surface area contributed by atoms with Crippen LogP contribution in [0.2, 0.25) is 0 Å². The molecule has 0 bridgehead atoms. The van der Waals surface area contributed by atoms with Crippen LogP contribution in [0.1, 0.15) is 19.8 Å². The first-order chi connectivity index (χ1) is 5.33. The second-order valence-corrected chi connectivity index (χ2v) is 3.03. The number of rotatable bonds is 5. The molecule has 3 heteroatoms. The molecule has 1 aliphatic carbocycles. The summed E-state index contributed by atoms with van der Waals surface area (Å²) < 4.78 is 0. The summed E-state index contributed by atoms with van der Waals surface area (Å²) in [5.41, 5.74) is 0. The van der Waals surface area contributed by atoms with Crippen LogP contribution in [0.25, 0.3) is 0 Å². The minimum Gasteiger partial charge on any atom is -0.355 e. The molecule has 0 spiro atoms. The summed E-state index contributed by atoms with van der Waals surface area (Å²) >= 11 is 0. The molecule has 0 aromatic heterocycles. The zero-order chi connectivity index (χ0) is 8.10. The van der Waals surface area contributed by atoms with Crippen molar-refractivity contribution in [1.82, 2.24) is 10.6 Å². The van der Waals surface area contributed by atoms with Crippen molar-refractivity contribution in [2.24, 2.45) is 5.92 Å². The number of hydrogen-bond acceptors (Lipinski definition) is 2. The van der Waals surface area contributed by atoms with Crippen LogP contribution in [0.5, 0.6) is 0 Å². The van der Waals surface area contributed by atoms with Gasteiger partial charge in [-0.05, 0) is 32.2 Å². The third kappa shape index (κ3) is 3.98. The van der Waals surface area contributed by atoms with Crippen molar-refractivity contribution >= 4 is 5.91 Å². The van der Waals surface area contributed by atoms with Gasteiger partial charge in [-0.1, -0.05) is 0 Å². The van der Waals surface area contributed by atoms with E-state index in [2.05, 4.69) is 10.6 Å². The number of likely N-dealkylation sites (N-methyl/N-ethyl adjacent to an activating group) is 1. The van der Waals surface area contributed by atoms with Crippen molar-refractivity contribution in [2.75, 3.05) is 19.6 Å². The van der Waals surface area contributed by atoms with E-state index in [-0.39, 0.29) is 5.91 Å². The van der Waals surface area contributed by atoms with Gasteiger partial charge in [0.25, 0.3) is 0 Å². The monoisotopic (exact) mass is 156 g/mol. The quantitative estimate of drug-likeness (QED) is 0.593. The lowest BCUT2D eigenvalue weighted by Crippen LogP contribution is -2.34. The van der Waals surface area contributed by atoms with E-state index in [4.69, 9.17) is 0 Å². The van der Waals surface area contributed by atoms with Gasteiger partial charge in [0.1, 0.15) is 0 Å². The lowest BCUT2D eigenvalue weighted by atomic mass is 10.4. The van der Waals surface area contributed by atoms with Crippen molar-refractivity contribution in [1.29, 1.82) is 0 Å². The Morgan fingerprint density at radius 1 is 1.55 bits per heavy atom. The van der Waals surface area contributed by atoms with Crippen LogP contribution in [-0.2, 0) is 4.79 Å². The van der Waals surface area contributed by atoms with E-state index in [1.54, 1.807) is 0 Å². The predicted octanol–water partition coefficient (Wildman–Crippen LogP) is 0.122. The average molecular weight is 156 g/mol. The summed E-state index contributed by atoms with van der Waals surface area (Å²) in [6, 6.07) is 0. The SMILES string of the molecule is CCNC(=O)CNCC1CC1. The maximum atomic E-state index is 10.9. The molecule has 64 valence electrons. The highest BCUT2D eigenvalue weighted by Gasteiger charge is 2.20. The van der Waals surface area contributed by atoms with E-state index in [0.29, 0.717) is 6.54 Å². The van der Waals surface area contributed by atoms with Gasteiger partial charge in [0.05, 0.1) is 6.54 Å². The van der Waals surface area contributed by atoms with E-state index in [1.165, 1.54) is 12.8 Å². The normalized spacial score (nSPS) is 16.5. The zero-order valence-electron chi connectivity index (χ0n) is 7.02. The van der Waals surface area contributed by atoms with Gasteiger partial charge in [0, 0.05) is 6.54 Å². The number of carbonyl (C=O) groups excluding carboxylic acids is 1. The smallest absolute Gasteiger partial charge is 0.233 e. The molecule has 11 heavy (non-hydrogen) atoms. The molecule has 3 nitrogen and oxygen atoms in total. The number of amides is 1. The van der Waals surface area contributed by atoms with E-state index < -0.39 is 0 Å². The fourth-order valence-electron chi connectivity index (χ4n) is 0.971. The summed E-state index contributed by atoms with van der Waals surface area (Å²) in [6.45, 7) is 4.14. The van der Waals surface area contributed by atoms with Crippen molar-refractivity contribution in [3.63, 3.8) is 0 Å². The highest BCUT2D eigenvalue weighted by atomic mass is 16.1. The van der Waals surface area contributed by atoms with Crippen molar-refractivity contribution < 1.29 is 4.79 Å². The first-order valence-electron chi connectivity index (χ1n) is 4.30. The number of carbonyl (C=O) groups is 1. The van der Waals surface area contributed by atoms with E-state index >= 15 is 0 Å². The molecule has 0 unspecified atom stereocenters. The van der Waals surface area contributed by atoms with E-state index in [1.807, 2.05) is 6.92 Å². The minimum absolute atomic E-state index is 0.105. The highest BCUT2D eigenvalue weighted by Crippen LogP contribution is 2.27. The maximum absolute atomic E-state index is 10.9. The fourth-order valence-corrected chi connectivity index (χ4v) is 0.971. The Balaban J connectivity index is 1.88. The van der Waals surface area contributed by atoms with E-state index in [0.717, 1.165) is 19.0 Å². The Morgan fingerprint density at radius 2 is 2.27 bits per heavy atom. The Labute approximate surface area is 67.5 Å². The molecule has 0 aromatic carbocycles. The topological polar surface area (TPSA) is 41.1 Å². The van der Waals surface area contributed by atoms with Crippen LogP contribution in [0.3, 0.4) is 0 Å². The Hall–Kier alpha value is -0.570. The average Bonchev–Trinajstić information content (AvgIpc) is 2.72. The van der Waals surface area contributed by atoms with Gasteiger partial charge in [-0.3, -0.25) is 4.79 Å². The summed E-state index contributed by atoms with van der Waals surface area (Å²) in [7, 11) is 0. The zero-order valence-corrected chi connectivity index (χ0v) is 7.02. The van der Waals surface area contributed by atoms with Crippen LogP contribution in [0, 0.1) is 5.92 Å². The molecule has 1 amide bonds. The molecule has 1 rings (SSSR count). The lowest BCUT2D eigenvalue weighted by Gasteiger charge is -2.02. The van der Waals surface area contributed by atoms with Crippen molar-refractivity contribution in [2.45, 2.75) is 19.8 Å². The van der Waals surface area contributed by atoms with Crippen molar-refractivity contribution in [3.05, 3.63) is 0 Å². The van der Waals surface area contributed by atoms with Crippen LogP contribution in [0.15, 0.2) is 0 Å². The fraction of sp³-hybridized carbons (Fsp3) is 0.875. The summed E-state index contributed by atoms with van der Waals surface area (Å²) in [5, 5.41) is 5.86. The molecule has 0 aromatic rings. The standard InChI is InChI=1S/C8H16N2O/c1-2-10-8(11)6-9-5-7-3-4-7/h7,9H,2-6H2,1H3,(H,10,11). The molecule has 1 aliphatic rings. The van der Waals surface area contributed by atoms with Crippen LogP contribution in [0.4, 0.5) is 0 Å². The van der Waals surface area contributed by atoms with Gasteiger partial charge < -0.3 is 10.6 Å². The maximum Gasteiger partial charge on any atom is 0.233 e. The number of nitrogens with one attached hydrogen (secondary N) is 2. The second-order valence-electron chi connectivity index (χ2n) is 3.03. The van der Waals surface area contributed by atoms with Gasteiger partial charge in [-0.25, -0.2) is 0 Å². The van der Waals surface area contributed by atoms with E-state index in [9.17, 15) is 4.79 Å². The summed E-state index contributed by atoms with van der Waals surface area (Å²) in [6.07, 6.45) is 2.67. The van der Waals surface area contributed by atoms with Crippen LogP contribution >= 0.6 is 0 Å². The molecule has 1 saturated carbocycles. The molecule has 0 saturated heterocycles. The Morgan fingerprint density at radius 3 is 2.82 bits per heavy atom. The largest absolute Gasteiger partial charge is 0.355 e. The molecule has 2 N–H and O–H groups in total. The predicted molar refractivity (Wildman–Crippen MR) is 44.3 cm³/mol. The Bertz CT molecular complexity index is 132. The van der Waals surface area contributed by atoms with Gasteiger partial charge in [0.2, 0.25) is 5.91 Å². The molecule has 1 fully saturated rings. The molecule has 0 radical (unpaired) electrons. The summed E-state index contributed by atoms with van der Waals surface area (Å²) in [5.74, 6) is 0.956. The number of hydrogen-bond donors (Lipinski definition) is 2.